The Hall–Kier alpha value is -1.69. The Morgan fingerprint density at radius 1 is 1.45 bits per heavy atom. The maximum Gasteiger partial charge on any atom is 0.241 e. The van der Waals surface area contributed by atoms with Gasteiger partial charge in [-0.05, 0) is 32.8 Å². The molecule has 0 saturated carbocycles. The highest BCUT2D eigenvalue weighted by atomic mass is 32.1. The summed E-state index contributed by atoms with van der Waals surface area (Å²) in [6, 6.07) is 1.87. The monoisotopic (exact) mass is 292 g/mol. The summed E-state index contributed by atoms with van der Waals surface area (Å²) in [5.41, 5.74) is 8.92. The van der Waals surface area contributed by atoms with E-state index in [0.29, 0.717) is 4.99 Å². The Morgan fingerprint density at radius 3 is 2.70 bits per heavy atom. The lowest BCUT2D eigenvalue weighted by Crippen LogP contribution is -2.33. The van der Waals surface area contributed by atoms with Crippen LogP contribution in [0.25, 0.3) is 0 Å². The molecule has 2 rings (SSSR count). The van der Waals surface area contributed by atoms with Crippen LogP contribution < -0.4 is 11.1 Å². The van der Waals surface area contributed by atoms with Crippen molar-refractivity contribution >= 4 is 28.8 Å². The van der Waals surface area contributed by atoms with Crippen molar-refractivity contribution in [3.63, 3.8) is 0 Å². The van der Waals surface area contributed by atoms with E-state index in [1.807, 2.05) is 24.8 Å². The molecule has 2 heterocycles. The van der Waals surface area contributed by atoms with Crippen molar-refractivity contribution in [2.45, 2.75) is 26.7 Å². The first-order valence-corrected chi connectivity index (χ1v) is 7.19. The van der Waals surface area contributed by atoms with Gasteiger partial charge in [-0.2, -0.15) is 0 Å². The number of hydrogen-bond acceptors (Lipinski definition) is 4. The number of nitrogens with zero attached hydrogens (tertiary/aromatic N) is 2. The molecule has 1 fully saturated rings. The third-order valence-electron chi connectivity index (χ3n) is 3.46. The zero-order valence-electron chi connectivity index (χ0n) is 11.9. The van der Waals surface area contributed by atoms with Gasteiger partial charge >= 0.3 is 0 Å². The molecule has 20 heavy (non-hydrogen) atoms. The quantitative estimate of drug-likeness (QED) is 0.820. The molecule has 0 unspecified atom stereocenters. The molecule has 1 aromatic rings. The molecular formula is C14H20N4OS. The average Bonchev–Trinajstić information content (AvgIpc) is 2.88. The van der Waals surface area contributed by atoms with Crippen LogP contribution in [-0.2, 0) is 4.79 Å². The van der Waals surface area contributed by atoms with Gasteiger partial charge in [-0.25, -0.2) is 0 Å². The Kier molecular flexibility index (Phi) is 4.54. The highest BCUT2D eigenvalue weighted by Crippen LogP contribution is 2.19. The Bertz CT molecular complexity index is 538. The first-order valence-electron chi connectivity index (χ1n) is 6.78. The number of thiocarbonyl (C=S) groups is 1. The second-order valence-corrected chi connectivity index (χ2v) is 5.52. The van der Waals surface area contributed by atoms with E-state index in [-0.39, 0.29) is 12.5 Å². The van der Waals surface area contributed by atoms with Crippen LogP contribution in [-0.4, -0.2) is 40.4 Å². The highest BCUT2D eigenvalue weighted by Gasteiger charge is 2.18. The number of anilines is 1. The highest BCUT2D eigenvalue weighted by molar-refractivity contribution is 7.80. The van der Waals surface area contributed by atoms with Crippen LogP contribution in [0.3, 0.4) is 0 Å². The number of nitrogens with one attached hydrogen (secondary N) is 1. The number of amides is 1. The van der Waals surface area contributed by atoms with Gasteiger partial charge in [0.2, 0.25) is 5.91 Å². The van der Waals surface area contributed by atoms with E-state index in [9.17, 15) is 4.79 Å². The van der Waals surface area contributed by atoms with Gasteiger partial charge in [0.15, 0.2) is 0 Å². The molecule has 1 aliphatic rings. The Labute approximate surface area is 124 Å². The second kappa shape index (κ2) is 6.17. The van der Waals surface area contributed by atoms with Gasteiger partial charge < -0.3 is 16.0 Å². The zero-order chi connectivity index (χ0) is 14.7. The number of likely N-dealkylation sites (tertiary alicyclic amines) is 1. The molecule has 0 radical (unpaired) electrons. The van der Waals surface area contributed by atoms with E-state index in [1.165, 1.54) is 0 Å². The first kappa shape index (κ1) is 14.7. The van der Waals surface area contributed by atoms with Gasteiger partial charge in [-0.3, -0.25) is 9.78 Å². The van der Waals surface area contributed by atoms with E-state index < -0.39 is 0 Å². The minimum Gasteiger partial charge on any atom is -0.389 e. The first-order chi connectivity index (χ1) is 9.49. The van der Waals surface area contributed by atoms with Gasteiger partial charge in [-0.15, -0.1) is 0 Å². The molecule has 3 N–H and O–H groups in total. The lowest BCUT2D eigenvalue weighted by molar-refractivity contribution is -0.128. The molecule has 1 aliphatic heterocycles. The smallest absolute Gasteiger partial charge is 0.241 e. The van der Waals surface area contributed by atoms with Gasteiger partial charge in [0.05, 0.1) is 12.1 Å². The van der Waals surface area contributed by atoms with Crippen molar-refractivity contribution < 1.29 is 4.79 Å². The molecule has 5 nitrogen and oxygen atoms in total. The number of rotatable bonds is 4. The van der Waals surface area contributed by atoms with Crippen LogP contribution in [0.15, 0.2) is 6.07 Å². The fourth-order valence-corrected chi connectivity index (χ4v) is 2.79. The third kappa shape index (κ3) is 3.25. The SMILES string of the molecule is Cc1cc(NCC(=O)N2CCCC2)c(C(N)=S)c(C)n1. The van der Waals surface area contributed by atoms with Crippen molar-refractivity contribution in [1.82, 2.24) is 9.88 Å². The Morgan fingerprint density at radius 2 is 2.10 bits per heavy atom. The van der Waals surface area contributed by atoms with Crippen LogP contribution in [0.4, 0.5) is 5.69 Å². The van der Waals surface area contributed by atoms with Crippen molar-refractivity contribution in [3.8, 4) is 0 Å². The van der Waals surface area contributed by atoms with Gasteiger partial charge in [-0.1, -0.05) is 12.2 Å². The van der Waals surface area contributed by atoms with E-state index in [0.717, 1.165) is 48.6 Å². The number of hydrogen-bond donors (Lipinski definition) is 2. The lowest BCUT2D eigenvalue weighted by Gasteiger charge is -2.18. The molecule has 6 heteroatoms. The number of aryl methyl sites for hydroxylation is 2. The van der Waals surface area contributed by atoms with Crippen molar-refractivity contribution in [3.05, 3.63) is 23.0 Å². The summed E-state index contributed by atoms with van der Waals surface area (Å²) in [7, 11) is 0. The fraction of sp³-hybridized carbons (Fsp3) is 0.500. The summed E-state index contributed by atoms with van der Waals surface area (Å²) < 4.78 is 0. The predicted octanol–water partition coefficient (Wildman–Crippen LogP) is 1.37. The van der Waals surface area contributed by atoms with Gasteiger partial charge in [0.25, 0.3) is 0 Å². The van der Waals surface area contributed by atoms with E-state index >= 15 is 0 Å². The van der Waals surface area contributed by atoms with Crippen LogP contribution in [0.2, 0.25) is 0 Å². The van der Waals surface area contributed by atoms with Gasteiger partial charge in [0.1, 0.15) is 4.99 Å². The van der Waals surface area contributed by atoms with Crippen LogP contribution in [0, 0.1) is 13.8 Å². The third-order valence-corrected chi connectivity index (χ3v) is 3.67. The number of carbonyl (C=O) groups is 1. The molecular weight excluding hydrogens is 272 g/mol. The summed E-state index contributed by atoms with van der Waals surface area (Å²) in [4.78, 5) is 18.6. The number of nitrogens with two attached hydrogens (primary N) is 1. The normalized spacial score (nSPS) is 14.4. The summed E-state index contributed by atoms with van der Waals surface area (Å²) >= 11 is 5.07. The van der Waals surface area contributed by atoms with Gasteiger partial charge in [0, 0.05) is 30.2 Å². The summed E-state index contributed by atoms with van der Waals surface area (Å²) in [5, 5.41) is 3.15. The maximum atomic E-state index is 12.1. The lowest BCUT2D eigenvalue weighted by atomic mass is 10.1. The van der Waals surface area contributed by atoms with Crippen molar-refractivity contribution in [2.75, 3.05) is 25.0 Å². The average molecular weight is 292 g/mol. The molecule has 108 valence electrons. The zero-order valence-corrected chi connectivity index (χ0v) is 12.7. The molecule has 1 saturated heterocycles. The van der Waals surface area contributed by atoms with E-state index in [1.54, 1.807) is 0 Å². The molecule has 1 aromatic heterocycles. The molecule has 0 atom stereocenters. The minimum absolute atomic E-state index is 0.114. The standard InChI is InChI=1S/C14H20N4OS/c1-9-7-11(13(14(15)20)10(2)17-9)16-8-12(19)18-5-3-4-6-18/h7H,3-6,8H2,1-2H3,(H2,15,20)(H,16,17). The summed E-state index contributed by atoms with van der Waals surface area (Å²) in [5.74, 6) is 0.114. The largest absolute Gasteiger partial charge is 0.389 e. The maximum absolute atomic E-state index is 12.1. The molecule has 0 aliphatic carbocycles. The number of aromatic nitrogens is 1. The molecule has 1 amide bonds. The van der Waals surface area contributed by atoms with Crippen molar-refractivity contribution in [2.24, 2.45) is 5.73 Å². The van der Waals surface area contributed by atoms with Crippen LogP contribution in [0.5, 0.6) is 0 Å². The fourth-order valence-electron chi connectivity index (χ4n) is 2.53. The van der Waals surface area contributed by atoms with E-state index in [4.69, 9.17) is 18.0 Å². The topological polar surface area (TPSA) is 71.2 Å². The van der Waals surface area contributed by atoms with Crippen LogP contribution >= 0.6 is 12.2 Å². The number of pyridine rings is 1. The second-order valence-electron chi connectivity index (χ2n) is 5.08. The molecule has 0 spiro atoms. The summed E-state index contributed by atoms with van der Waals surface area (Å²) in [6.07, 6.45) is 2.19. The van der Waals surface area contributed by atoms with E-state index in [2.05, 4.69) is 10.3 Å². The van der Waals surface area contributed by atoms with Crippen molar-refractivity contribution in [1.29, 1.82) is 0 Å². The summed E-state index contributed by atoms with van der Waals surface area (Å²) in [6.45, 7) is 5.76. The number of carbonyl (C=O) groups excluding carboxylic acids is 1. The Balaban J connectivity index is 2.12. The molecule has 0 bridgehead atoms. The predicted molar refractivity (Wildman–Crippen MR) is 83.9 cm³/mol. The molecule has 0 aromatic carbocycles. The minimum atomic E-state index is 0.114. The van der Waals surface area contributed by atoms with Crippen LogP contribution in [0.1, 0.15) is 29.8 Å².